The van der Waals surface area contributed by atoms with E-state index in [1.54, 1.807) is 55.3 Å². The first kappa shape index (κ1) is 24.3. The maximum Gasteiger partial charge on any atom is 0.269 e. The summed E-state index contributed by atoms with van der Waals surface area (Å²) in [4.78, 5) is 9.25. The van der Waals surface area contributed by atoms with Crippen molar-refractivity contribution in [1.29, 1.82) is 0 Å². The Morgan fingerprint density at radius 1 is 1.05 bits per heavy atom. The molecule has 2 fully saturated rings. The summed E-state index contributed by atoms with van der Waals surface area (Å²) in [6, 6.07) is 8.65. The normalized spacial score (nSPS) is 23.0. The standard InChI is InChI=1S/C26H29N5O4S2/c1-3-19-12-18(14-29-36(32,33)20-8-9-20)13-24(19)30-16-28-23-15-27-26-22(25(23)30)10-11-31(26)37(34,35)21-6-4-17(2)5-7-21/h4-7,10-11,14-16,18-20,24H,3,8-9,12-13H2,1-2H3/t18?,19-,24+/m1/s1. The molecule has 1 aromatic carbocycles. The first-order chi connectivity index (χ1) is 17.7. The molecule has 0 saturated heterocycles. The van der Waals surface area contributed by atoms with Gasteiger partial charge in [0.1, 0.15) is 5.52 Å². The molecule has 9 nitrogen and oxygen atoms in total. The summed E-state index contributed by atoms with van der Waals surface area (Å²) < 4.78 is 58.7. The Balaban J connectivity index is 1.39. The highest BCUT2D eigenvalue weighted by molar-refractivity contribution is 7.91. The van der Waals surface area contributed by atoms with E-state index >= 15 is 0 Å². The van der Waals surface area contributed by atoms with Crippen LogP contribution in [0, 0.1) is 18.8 Å². The molecule has 0 spiro atoms. The van der Waals surface area contributed by atoms with Crippen molar-refractivity contribution in [3.63, 3.8) is 0 Å². The summed E-state index contributed by atoms with van der Waals surface area (Å²) in [5.41, 5.74) is 2.88. The lowest BCUT2D eigenvalue weighted by Crippen LogP contribution is -2.13. The molecule has 2 aliphatic rings. The van der Waals surface area contributed by atoms with Gasteiger partial charge in [0.2, 0.25) is 0 Å². The molecule has 11 heteroatoms. The Kier molecular flexibility index (Phi) is 5.76. The molecule has 0 aliphatic heterocycles. The van der Waals surface area contributed by atoms with Crippen LogP contribution in [0.3, 0.4) is 0 Å². The number of pyridine rings is 1. The molecule has 0 N–H and O–H groups in total. The number of nitrogens with zero attached hydrogens (tertiary/aromatic N) is 5. The zero-order chi connectivity index (χ0) is 25.9. The number of sulfonamides is 1. The molecular formula is C26H29N5O4S2. The number of imidazole rings is 1. The summed E-state index contributed by atoms with van der Waals surface area (Å²) in [5.74, 6) is 0.379. The zero-order valence-corrected chi connectivity index (χ0v) is 22.4. The summed E-state index contributed by atoms with van der Waals surface area (Å²) in [5, 5.41) is 0.412. The van der Waals surface area contributed by atoms with Gasteiger partial charge in [-0.15, -0.1) is 0 Å². The van der Waals surface area contributed by atoms with Gasteiger partial charge in [0, 0.05) is 23.8 Å². The van der Waals surface area contributed by atoms with Crippen LogP contribution in [0.5, 0.6) is 0 Å². The molecule has 2 saturated carbocycles. The van der Waals surface area contributed by atoms with Crippen LogP contribution in [0.1, 0.15) is 50.6 Å². The first-order valence-electron chi connectivity index (χ1n) is 12.6. The number of hydrogen-bond acceptors (Lipinski definition) is 6. The molecule has 3 heterocycles. The van der Waals surface area contributed by atoms with Crippen molar-refractivity contribution in [3.8, 4) is 0 Å². The summed E-state index contributed by atoms with van der Waals surface area (Å²) in [7, 11) is -7.21. The molecule has 3 aromatic heterocycles. The van der Waals surface area contributed by atoms with Crippen LogP contribution in [0.4, 0.5) is 0 Å². The Bertz CT molecular complexity index is 1730. The maximum atomic E-state index is 13.4. The number of hydrogen-bond donors (Lipinski definition) is 0. The highest BCUT2D eigenvalue weighted by atomic mass is 32.2. The topological polar surface area (TPSA) is 116 Å². The van der Waals surface area contributed by atoms with E-state index in [9.17, 15) is 16.8 Å². The van der Waals surface area contributed by atoms with Crippen LogP contribution >= 0.6 is 0 Å². The van der Waals surface area contributed by atoms with Gasteiger partial charge < -0.3 is 4.57 Å². The third-order valence-electron chi connectivity index (χ3n) is 7.73. The minimum absolute atomic E-state index is 0.0600. The quantitative estimate of drug-likeness (QED) is 0.320. The minimum Gasteiger partial charge on any atom is -0.327 e. The van der Waals surface area contributed by atoms with Gasteiger partial charge in [-0.3, -0.25) is 0 Å². The van der Waals surface area contributed by atoms with E-state index in [4.69, 9.17) is 0 Å². The first-order valence-corrected chi connectivity index (χ1v) is 15.6. The van der Waals surface area contributed by atoms with Crippen molar-refractivity contribution < 1.29 is 16.8 Å². The van der Waals surface area contributed by atoms with Crippen LogP contribution < -0.4 is 0 Å². The van der Waals surface area contributed by atoms with Gasteiger partial charge in [0.25, 0.3) is 20.0 Å². The molecule has 6 rings (SSSR count). The Morgan fingerprint density at radius 3 is 2.51 bits per heavy atom. The van der Waals surface area contributed by atoms with E-state index in [2.05, 4.69) is 25.9 Å². The largest absolute Gasteiger partial charge is 0.327 e. The molecule has 1 unspecified atom stereocenters. The Morgan fingerprint density at radius 2 is 1.81 bits per heavy atom. The van der Waals surface area contributed by atoms with Gasteiger partial charge in [-0.2, -0.15) is 4.40 Å². The van der Waals surface area contributed by atoms with E-state index in [0.29, 0.717) is 35.3 Å². The van der Waals surface area contributed by atoms with E-state index in [0.717, 1.165) is 30.3 Å². The van der Waals surface area contributed by atoms with E-state index in [-0.39, 0.29) is 22.1 Å². The highest BCUT2D eigenvalue weighted by Crippen LogP contribution is 2.43. The number of aromatic nitrogens is 4. The van der Waals surface area contributed by atoms with Crippen molar-refractivity contribution >= 4 is 48.3 Å². The number of fused-ring (bicyclic) bond motifs is 3. The van der Waals surface area contributed by atoms with Crippen molar-refractivity contribution in [3.05, 3.63) is 54.6 Å². The van der Waals surface area contributed by atoms with Crippen LogP contribution in [0.2, 0.25) is 0 Å². The molecule has 37 heavy (non-hydrogen) atoms. The minimum atomic E-state index is -3.82. The number of benzene rings is 1. The Hall–Kier alpha value is -3.05. The third kappa shape index (κ3) is 4.17. The molecule has 0 amide bonds. The van der Waals surface area contributed by atoms with Crippen LogP contribution in [0.25, 0.3) is 22.1 Å². The predicted molar refractivity (Wildman–Crippen MR) is 143 cm³/mol. The second kappa shape index (κ2) is 8.76. The second-order valence-electron chi connectivity index (χ2n) is 10.2. The average Bonchev–Trinajstić information content (AvgIpc) is 3.33. The molecule has 2 aliphatic carbocycles. The third-order valence-corrected chi connectivity index (χ3v) is 11.1. The number of rotatable bonds is 7. The summed E-state index contributed by atoms with van der Waals surface area (Å²) in [6.45, 7) is 4.05. The summed E-state index contributed by atoms with van der Waals surface area (Å²) >= 11 is 0. The second-order valence-corrected chi connectivity index (χ2v) is 14.0. The van der Waals surface area contributed by atoms with E-state index < -0.39 is 20.0 Å². The molecule has 194 valence electrons. The molecule has 0 radical (unpaired) electrons. The molecule has 4 aromatic rings. The van der Waals surface area contributed by atoms with Gasteiger partial charge in [-0.05, 0) is 62.6 Å². The van der Waals surface area contributed by atoms with Gasteiger partial charge in [-0.25, -0.2) is 30.8 Å². The van der Waals surface area contributed by atoms with Crippen LogP contribution in [-0.2, 0) is 20.0 Å². The average molecular weight is 540 g/mol. The van der Waals surface area contributed by atoms with E-state index in [1.165, 1.54) is 3.97 Å². The van der Waals surface area contributed by atoms with Crippen LogP contribution in [0.15, 0.2) is 58.3 Å². The van der Waals surface area contributed by atoms with Crippen LogP contribution in [-0.4, -0.2) is 46.8 Å². The molecular weight excluding hydrogens is 510 g/mol. The smallest absolute Gasteiger partial charge is 0.269 e. The fraction of sp³-hybridized carbons (Fsp3) is 0.423. The lowest BCUT2D eigenvalue weighted by atomic mass is 10.00. The lowest BCUT2D eigenvalue weighted by Gasteiger charge is -2.20. The van der Waals surface area contributed by atoms with Gasteiger partial charge in [0.15, 0.2) is 5.65 Å². The molecule has 3 atom stereocenters. The highest BCUT2D eigenvalue weighted by Gasteiger charge is 2.37. The van der Waals surface area contributed by atoms with Gasteiger partial charge >= 0.3 is 0 Å². The van der Waals surface area contributed by atoms with Crippen molar-refractivity contribution in [2.45, 2.75) is 62.1 Å². The SMILES string of the molecule is CC[C@@H]1CC(C=NS(=O)(=O)C2CC2)C[C@@H]1n1cnc2cnc3c(ccn3S(=O)(=O)c3ccc(C)cc3)c21. The molecule has 0 bridgehead atoms. The summed E-state index contributed by atoms with van der Waals surface area (Å²) in [6.07, 6.45) is 10.5. The number of aryl methyl sites for hydroxylation is 1. The fourth-order valence-corrected chi connectivity index (χ4v) is 8.07. The predicted octanol–water partition coefficient (Wildman–Crippen LogP) is 4.47. The Labute approximate surface area is 216 Å². The maximum absolute atomic E-state index is 13.4. The van der Waals surface area contributed by atoms with Gasteiger partial charge in [0.05, 0.1) is 28.2 Å². The monoisotopic (exact) mass is 539 g/mol. The van der Waals surface area contributed by atoms with Crippen molar-refractivity contribution in [2.24, 2.45) is 16.2 Å². The van der Waals surface area contributed by atoms with Crippen molar-refractivity contribution in [2.75, 3.05) is 0 Å². The fourth-order valence-electron chi connectivity index (χ4n) is 5.52. The zero-order valence-electron chi connectivity index (χ0n) is 20.7. The van der Waals surface area contributed by atoms with Crippen molar-refractivity contribution in [1.82, 2.24) is 18.5 Å². The lowest BCUT2D eigenvalue weighted by molar-refractivity contribution is 0.377. The van der Waals surface area contributed by atoms with Gasteiger partial charge in [-0.1, -0.05) is 31.0 Å². The van der Waals surface area contributed by atoms with E-state index in [1.807, 2.05) is 6.92 Å².